The highest BCUT2D eigenvalue weighted by Gasteiger charge is 2.72. The topological polar surface area (TPSA) is 76.4 Å². The maximum atomic E-state index is 13.1. The molecule has 1 heterocycles. The van der Waals surface area contributed by atoms with Gasteiger partial charge < -0.3 is 9.47 Å². The number of hydrogen-bond acceptors (Lipinski definition) is 5. The minimum atomic E-state index is -1.01. The van der Waals surface area contributed by atoms with E-state index in [1.54, 1.807) is 0 Å². The molecule has 2 bridgehead atoms. The van der Waals surface area contributed by atoms with Gasteiger partial charge in [0.25, 0.3) is 0 Å². The summed E-state index contributed by atoms with van der Waals surface area (Å²) in [6.45, 7) is 12.8. The van der Waals surface area contributed by atoms with Gasteiger partial charge in [-0.3, -0.25) is 9.59 Å². The van der Waals surface area contributed by atoms with E-state index in [-0.39, 0.29) is 23.2 Å². The van der Waals surface area contributed by atoms with Crippen molar-refractivity contribution in [1.29, 1.82) is 5.26 Å². The van der Waals surface area contributed by atoms with Gasteiger partial charge in [-0.15, -0.1) is 0 Å². The van der Waals surface area contributed by atoms with E-state index in [2.05, 4.69) is 58.0 Å². The smallest absolute Gasteiger partial charge is 0.327 e. The molecule has 0 amide bonds. The molecule has 0 spiro atoms. The molecule has 0 radical (unpaired) electrons. The molecule has 0 N–H and O–H groups in total. The maximum absolute atomic E-state index is 13.1. The lowest BCUT2D eigenvalue weighted by molar-refractivity contribution is -0.170. The highest BCUT2D eigenvalue weighted by molar-refractivity contribution is 5.84. The molecule has 5 heteroatoms. The van der Waals surface area contributed by atoms with Gasteiger partial charge in [0.15, 0.2) is 5.41 Å². The lowest BCUT2D eigenvalue weighted by atomic mass is 9.74. The molecule has 0 aromatic heterocycles. The Morgan fingerprint density at radius 2 is 1.91 bits per heavy atom. The van der Waals surface area contributed by atoms with Crippen molar-refractivity contribution in [2.75, 3.05) is 0 Å². The summed E-state index contributed by atoms with van der Waals surface area (Å²) in [4.78, 5) is 25.4. The Hall–Kier alpha value is -2.35. The van der Waals surface area contributed by atoms with Crippen molar-refractivity contribution in [3.05, 3.63) is 35.4 Å². The SMILES string of the molecule is CCC(CCCC(C)(C)C(=O)OC1C2CC3C1OC(=O)C3(C#N)C2)c1ccc(C(C)(C)C)cc1. The van der Waals surface area contributed by atoms with Crippen LogP contribution in [0.2, 0.25) is 0 Å². The van der Waals surface area contributed by atoms with E-state index in [0.717, 1.165) is 32.1 Å². The maximum Gasteiger partial charge on any atom is 0.327 e. The summed E-state index contributed by atoms with van der Waals surface area (Å²) in [6.07, 6.45) is 4.10. The van der Waals surface area contributed by atoms with Gasteiger partial charge in [-0.25, -0.2) is 0 Å². The average molecular weight is 466 g/mol. The van der Waals surface area contributed by atoms with Crippen LogP contribution in [0.4, 0.5) is 0 Å². The number of nitrogens with zero attached hydrogens (tertiary/aromatic N) is 1. The van der Waals surface area contributed by atoms with Gasteiger partial charge in [-0.05, 0) is 68.4 Å². The lowest BCUT2D eigenvalue weighted by Gasteiger charge is -2.31. The summed E-state index contributed by atoms with van der Waals surface area (Å²) in [7, 11) is 0. The summed E-state index contributed by atoms with van der Waals surface area (Å²) in [5, 5.41) is 9.57. The molecule has 1 saturated heterocycles. The quantitative estimate of drug-likeness (QED) is 0.436. The summed E-state index contributed by atoms with van der Waals surface area (Å²) in [5.41, 5.74) is 1.24. The van der Waals surface area contributed by atoms with Crippen molar-refractivity contribution < 1.29 is 19.1 Å². The number of nitriles is 1. The number of benzene rings is 1. The molecule has 6 atom stereocenters. The van der Waals surface area contributed by atoms with Crippen LogP contribution in [0.1, 0.15) is 97.1 Å². The fourth-order valence-electron chi connectivity index (χ4n) is 6.33. The molecule has 184 valence electrons. The zero-order valence-electron chi connectivity index (χ0n) is 21.5. The summed E-state index contributed by atoms with van der Waals surface area (Å²) in [6, 6.07) is 11.2. The largest absolute Gasteiger partial charge is 0.458 e. The Balaban J connectivity index is 1.32. The van der Waals surface area contributed by atoms with E-state index >= 15 is 0 Å². The lowest BCUT2D eigenvalue weighted by Crippen LogP contribution is -2.42. The molecular formula is C29H39NO4. The monoisotopic (exact) mass is 465 g/mol. The van der Waals surface area contributed by atoms with Crippen LogP contribution in [0.15, 0.2) is 24.3 Å². The van der Waals surface area contributed by atoms with E-state index < -0.39 is 29.0 Å². The number of carbonyl (C=O) groups excluding carboxylic acids is 2. The number of esters is 2. The fraction of sp³-hybridized carbons (Fsp3) is 0.690. The highest BCUT2D eigenvalue weighted by atomic mass is 16.6. The molecule has 3 fully saturated rings. The third-order valence-electron chi connectivity index (χ3n) is 8.66. The molecule has 1 aromatic carbocycles. The van der Waals surface area contributed by atoms with E-state index in [0.29, 0.717) is 12.3 Å². The third-order valence-corrected chi connectivity index (χ3v) is 8.66. The summed E-state index contributed by atoms with van der Waals surface area (Å²) in [5.74, 6) is -0.264. The van der Waals surface area contributed by atoms with Crippen molar-refractivity contribution >= 4 is 11.9 Å². The molecule has 2 aliphatic carbocycles. The number of hydrogen-bond donors (Lipinski definition) is 0. The molecule has 2 saturated carbocycles. The van der Waals surface area contributed by atoms with Gasteiger partial charge in [0, 0.05) is 11.8 Å². The average Bonchev–Trinajstić information content (AvgIpc) is 3.38. The zero-order chi connectivity index (χ0) is 24.9. The van der Waals surface area contributed by atoms with E-state index in [4.69, 9.17) is 9.47 Å². The second-order valence-electron chi connectivity index (χ2n) is 12.4. The Labute approximate surface area is 204 Å². The van der Waals surface area contributed by atoms with Crippen LogP contribution < -0.4 is 0 Å². The number of rotatable bonds is 8. The predicted molar refractivity (Wildman–Crippen MR) is 130 cm³/mol. The standard InChI is InChI=1S/C29H39NO4/c1-7-18(19-10-12-21(13-11-19)27(2,3)4)9-8-14-28(5,6)25(31)33-23-20-15-22-24(23)34-26(32)29(22,16-20)17-30/h10-13,18,20,22-24H,7-9,14-16H2,1-6H3. The first-order valence-corrected chi connectivity index (χ1v) is 12.9. The van der Waals surface area contributed by atoms with Crippen molar-refractivity contribution in [2.24, 2.45) is 22.7 Å². The molecule has 5 nitrogen and oxygen atoms in total. The Bertz CT molecular complexity index is 983. The first-order valence-electron chi connectivity index (χ1n) is 12.9. The second-order valence-corrected chi connectivity index (χ2v) is 12.4. The van der Waals surface area contributed by atoms with Crippen LogP contribution >= 0.6 is 0 Å². The molecule has 1 aliphatic heterocycles. The van der Waals surface area contributed by atoms with Crippen LogP contribution in [-0.4, -0.2) is 24.1 Å². The Kier molecular flexibility index (Phi) is 6.34. The molecular weight excluding hydrogens is 426 g/mol. The van der Waals surface area contributed by atoms with Gasteiger partial charge >= 0.3 is 11.9 Å². The number of carbonyl (C=O) groups is 2. The fourth-order valence-corrected chi connectivity index (χ4v) is 6.33. The highest BCUT2D eigenvalue weighted by Crippen LogP contribution is 2.62. The molecule has 1 aromatic rings. The normalized spacial score (nSPS) is 30.7. The van der Waals surface area contributed by atoms with E-state index in [1.807, 2.05) is 13.8 Å². The van der Waals surface area contributed by atoms with Gasteiger partial charge in [0.1, 0.15) is 12.2 Å². The van der Waals surface area contributed by atoms with Crippen molar-refractivity contribution in [2.45, 2.75) is 104 Å². The van der Waals surface area contributed by atoms with Gasteiger partial charge in [0.2, 0.25) is 0 Å². The van der Waals surface area contributed by atoms with Gasteiger partial charge in [-0.1, -0.05) is 58.4 Å². The Morgan fingerprint density at radius 3 is 2.50 bits per heavy atom. The summed E-state index contributed by atoms with van der Waals surface area (Å²) < 4.78 is 11.5. The predicted octanol–water partition coefficient (Wildman–Crippen LogP) is 6.06. The summed E-state index contributed by atoms with van der Waals surface area (Å²) >= 11 is 0. The number of ether oxygens (including phenoxy) is 2. The molecule has 6 unspecified atom stereocenters. The minimum Gasteiger partial charge on any atom is -0.458 e. The van der Waals surface area contributed by atoms with Gasteiger partial charge in [-0.2, -0.15) is 5.26 Å². The van der Waals surface area contributed by atoms with Gasteiger partial charge in [0.05, 0.1) is 11.5 Å². The zero-order valence-corrected chi connectivity index (χ0v) is 21.5. The molecule has 34 heavy (non-hydrogen) atoms. The first-order chi connectivity index (χ1) is 15.9. The third kappa shape index (κ3) is 4.14. The van der Waals surface area contributed by atoms with Crippen LogP contribution in [0.5, 0.6) is 0 Å². The Morgan fingerprint density at radius 1 is 1.24 bits per heavy atom. The molecule has 3 aliphatic rings. The van der Waals surface area contributed by atoms with Crippen LogP contribution in [0.25, 0.3) is 0 Å². The van der Waals surface area contributed by atoms with Crippen LogP contribution in [0, 0.1) is 34.0 Å². The molecule has 4 rings (SSSR count). The van der Waals surface area contributed by atoms with E-state index in [1.165, 1.54) is 11.1 Å². The van der Waals surface area contributed by atoms with Crippen molar-refractivity contribution in [3.8, 4) is 6.07 Å². The second kappa shape index (κ2) is 8.70. The number of fused-ring (bicyclic) bond motifs is 1. The minimum absolute atomic E-state index is 0.0430. The van der Waals surface area contributed by atoms with Crippen molar-refractivity contribution in [3.63, 3.8) is 0 Å². The van der Waals surface area contributed by atoms with E-state index in [9.17, 15) is 14.9 Å². The van der Waals surface area contributed by atoms with Crippen LogP contribution in [-0.2, 0) is 24.5 Å². The van der Waals surface area contributed by atoms with Crippen LogP contribution in [0.3, 0.4) is 0 Å². The van der Waals surface area contributed by atoms with Crippen molar-refractivity contribution in [1.82, 2.24) is 0 Å². The first kappa shape index (κ1) is 24.8.